The normalized spacial score (nSPS) is 11.5. The Balaban J connectivity index is 1.93. The van der Waals surface area contributed by atoms with Gasteiger partial charge in [-0.3, -0.25) is 0 Å². The number of rotatable bonds is 1. The molecule has 0 radical (unpaired) electrons. The lowest BCUT2D eigenvalue weighted by Crippen LogP contribution is -1.85. The molecule has 0 amide bonds. The fourth-order valence-electron chi connectivity index (χ4n) is 2.33. The number of hydrogen-bond acceptors (Lipinski definition) is 2. The highest BCUT2D eigenvalue weighted by Crippen LogP contribution is 2.33. The largest absolute Gasteiger partial charge is 0.305 e. The zero-order valence-electron chi connectivity index (χ0n) is 10.8. The van der Waals surface area contributed by atoms with E-state index in [1.54, 1.807) is 11.3 Å². The number of benzene rings is 1. The Hall–Kier alpha value is -1.65. The second-order valence-corrected chi connectivity index (χ2v) is 6.78. The molecular formula is C16H11BrN2S. The number of aryl methyl sites for hydroxylation is 1. The number of pyridine rings is 1. The van der Waals surface area contributed by atoms with E-state index in [0.717, 1.165) is 15.8 Å². The molecule has 0 saturated heterocycles. The zero-order chi connectivity index (χ0) is 13.7. The molecule has 3 heterocycles. The third kappa shape index (κ3) is 1.87. The van der Waals surface area contributed by atoms with Gasteiger partial charge in [0.1, 0.15) is 5.65 Å². The lowest BCUT2D eigenvalue weighted by molar-refractivity contribution is 1.16. The second kappa shape index (κ2) is 4.43. The van der Waals surface area contributed by atoms with Crippen molar-refractivity contribution in [3.8, 4) is 10.6 Å². The first-order chi connectivity index (χ1) is 9.70. The van der Waals surface area contributed by atoms with Gasteiger partial charge in [-0.2, -0.15) is 0 Å². The molecule has 0 fully saturated rings. The van der Waals surface area contributed by atoms with Gasteiger partial charge in [0.15, 0.2) is 0 Å². The van der Waals surface area contributed by atoms with Crippen molar-refractivity contribution in [3.63, 3.8) is 0 Å². The maximum absolute atomic E-state index is 4.73. The average Bonchev–Trinajstić information content (AvgIpc) is 3.02. The predicted octanol–water partition coefficient (Wildman–Crippen LogP) is 5.29. The van der Waals surface area contributed by atoms with E-state index in [-0.39, 0.29) is 0 Å². The molecule has 4 rings (SSSR count). The minimum Gasteiger partial charge on any atom is -0.305 e. The average molecular weight is 343 g/mol. The van der Waals surface area contributed by atoms with Gasteiger partial charge in [-0.1, -0.05) is 18.2 Å². The number of thiophene rings is 1. The molecule has 0 bridgehead atoms. The summed E-state index contributed by atoms with van der Waals surface area (Å²) in [6, 6.07) is 12.8. The first-order valence-corrected chi connectivity index (χ1v) is 7.95. The summed E-state index contributed by atoms with van der Waals surface area (Å²) in [6.45, 7) is 2.08. The van der Waals surface area contributed by atoms with Crippen LogP contribution in [0, 0.1) is 6.92 Å². The quantitative estimate of drug-likeness (QED) is 0.459. The molecule has 4 heteroatoms. The van der Waals surface area contributed by atoms with Crippen molar-refractivity contribution in [2.75, 3.05) is 0 Å². The molecule has 0 saturated carbocycles. The van der Waals surface area contributed by atoms with E-state index in [9.17, 15) is 0 Å². The molecule has 20 heavy (non-hydrogen) atoms. The van der Waals surface area contributed by atoms with Gasteiger partial charge in [0, 0.05) is 21.6 Å². The first-order valence-electron chi connectivity index (χ1n) is 6.34. The van der Waals surface area contributed by atoms with E-state index in [0.29, 0.717) is 0 Å². The number of halogens is 1. The van der Waals surface area contributed by atoms with Gasteiger partial charge < -0.3 is 4.40 Å². The summed E-state index contributed by atoms with van der Waals surface area (Å²) in [5.41, 5.74) is 3.22. The summed E-state index contributed by atoms with van der Waals surface area (Å²) in [5, 5.41) is 1.28. The standard InChI is InChI=1S/C16H11BrN2S/c1-10-6-16-18-13(9-19(16)8-12(10)17)15-7-11-4-2-3-5-14(11)20-15/h2-9H,1H3. The number of nitrogens with zero attached hydrogens (tertiary/aromatic N) is 2. The third-order valence-electron chi connectivity index (χ3n) is 3.41. The topological polar surface area (TPSA) is 17.3 Å². The van der Waals surface area contributed by atoms with Crippen LogP contribution in [0.5, 0.6) is 0 Å². The summed E-state index contributed by atoms with van der Waals surface area (Å²) in [4.78, 5) is 5.94. The Morgan fingerprint density at radius 3 is 2.85 bits per heavy atom. The van der Waals surface area contributed by atoms with Crippen LogP contribution in [0.1, 0.15) is 5.56 Å². The Morgan fingerprint density at radius 2 is 2.00 bits per heavy atom. The molecule has 0 N–H and O–H groups in total. The summed E-state index contributed by atoms with van der Waals surface area (Å²) in [6.07, 6.45) is 4.15. The van der Waals surface area contributed by atoms with Crippen LogP contribution in [0.25, 0.3) is 26.3 Å². The Morgan fingerprint density at radius 1 is 1.15 bits per heavy atom. The van der Waals surface area contributed by atoms with E-state index >= 15 is 0 Å². The van der Waals surface area contributed by atoms with Crippen LogP contribution in [0.3, 0.4) is 0 Å². The van der Waals surface area contributed by atoms with E-state index in [4.69, 9.17) is 4.98 Å². The zero-order valence-corrected chi connectivity index (χ0v) is 13.2. The smallest absolute Gasteiger partial charge is 0.137 e. The highest BCUT2D eigenvalue weighted by Gasteiger charge is 2.09. The highest BCUT2D eigenvalue weighted by atomic mass is 79.9. The Bertz CT molecular complexity index is 864. The van der Waals surface area contributed by atoms with Crippen LogP contribution in [-0.2, 0) is 0 Å². The minimum absolute atomic E-state index is 0.984. The second-order valence-electron chi connectivity index (χ2n) is 4.84. The molecular weight excluding hydrogens is 332 g/mol. The molecule has 0 unspecified atom stereocenters. The minimum atomic E-state index is 0.984. The summed E-state index contributed by atoms with van der Waals surface area (Å²) in [5.74, 6) is 0. The van der Waals surface area contributed by atoms with E-state index in [1.807, 2.05) is 0 Å². The molecule has 1 aromatic carbocycles. The van der Waals surface area contributed by atoms with E-state index < -0.39 is 0 Å². The van der Waals surface area contributed by atoms with Crippen molar-refractivity contribution < 1.29 is 0 Å². The van der Waals surface area contributed by atoms with Gasteiger partial charge in [-0.15, -0.1) is 11.3 Å². The maximum Gasteiger partial charge on any atom is 0.137 e. The number of aromatic nitrogens is 2. The van der Waals surface area contributed by atoms with Crippen molar-refractivity contribution in [2.45, 2.75) is 6.92 Å². The SMILES string of the molecule is Cc1cc2nc(-c3cc4ccccc4s3)cn2cc1Br. The van der Waals surface area contributed by atoms with Gasteiger partial charge >= 0.3 is 0 Å². The van der Waals surface area contributed by atoms with Gasteiger partial charge in [0.25, 0.3) is 0 Å². The molecule has 3 aromatic heterocycles. The van der Waals surface area contributed by atoms with Crippen LogP contribution in [0.4, 0.5) is 0 Å². The van der Waals surface area contributed by atoms with Crippen molar-refractivity contribution in [3.05, 3.63) is 58.8 Å². The summed E-state index contributed by atoms with van der Waals surface area (Å²) in [7, 11) is 0. The van der Waals surface area contributed by atoms with Gasteiger partial charge in [0.2, 0.25) is 0 Å². The van der Waals surface area contributed by atoms with Gasteiger partial charge in [-0.25, -0.2) is 4.98 Å². The Labute approximate surface area is 128 Å². The lowest BCUT2D eigenvalue weighted by Gasteiger charge is -1.98. The van der Waals surface area contributed by atoms with E-state index in [1.165, 1.54) is 20.5 Å². The molecule has 4 aromatic rings. The fraction of sp³-hybridized carbons (Fsp3) is 0.0625. The van der Waals surface area contributed by atoms with Crippen LogP contribution in [0.2, 0.25) is 0 Å². The number of hydrogen-bond donors (Lipinski definition) is 0. The number of imidazole rings is 1. The molecule has 0 atom stereocenters. The molecule has 0 spiro atoms. The molecule has 2 nitrogen and oxygen atoms in total. The Kier molecular flexibility index (Phi) is 2.69. The van der Waals surface area contributed by atoms with E-state index in [2.05, 4.69) is 76.0 Å². The van der Waals surface area contributed by atoms with Crippen molar-refractivity contribution >= 4 is 43.0 Å². The molecule has 0 aliphatic carbocycles. The predicted molar refractivity (Wildman–Crippen MR) is 88.4 cm³/mol. The first kappa shape index (κ1) is 12.1. The molecule has 0 aliphatic rings. The monoisotopic (exact) mass is 342 g/mol. The molecule has 98 valence electrons. The summed E-state index contributed by atoms with van der Waals surface area (Å²) < 4.78 is 4.47. The highest BCUT2D eigenvalue weighted by molar-refractivity contribution is 9.10. The third-order valence-corrected chi connectivity index (χ3v) is 5.38. The lowest BCUT2D eigenvalue weighted by atomic mass is 10.2. The molecule has 0 aliphatic heterocycles. The van der Waals surface area contributed by atoms with Crippen molar-refractivity contribution in [1.29, 1.82) is 0 Å². The van der Waals surface area contributed by atoms with Gasteiger partial charge in [-0.05, 0) is 52.0 Å². The van der Waals surface area contributed by atoms with Crippen molar-refractivity contribution in [2.24, 2.45) is 0 Å². The fourth-order valence-corrected chi connectivity index (χ4v) is 3.68. The maximum atomic E-state index is 4.73. The van der Waals surface area contributed by atoms with Gasteiger partial charge in [0.05, 0.1) is 10.6 Å². The van der Waals surface area contributed by atoms with Crippen LogP contribution in [-0.4, -0.2) is 9.38 Å². The van der Waals surface area contributed by atoms with Crippen LogP contribution < -0.4 is 0 Å². The van der Waals surface area contributed by atoms with Crippen LogP contribution in [0.15, 0.2) is 53.3 Å². The summed E-state index contributed by atoms with van der Waals surface area (Å²) >= 11 is 5.35. The number of fused-ring (bicyclic) bond motifs is 2. The van der Waals surface area contributed by atoms with Crippen LogP contribution >= 0.6 is 27.3 Å². The van der Waals surface area contributed by atoms with Crippen molar-refractivity contribution in [1.82, 2.24) is 9.38 Å².